The molecule has 1 fully saturated rings. The zero-order chi connectivity index (χ0) is 11.7. The lowest BCUT2D eigenvalue weighted by Crippen LogP contribution is -2.20. The van der Waals surface area contributed by atoms with Gasteiger partial charge in [-0.15, -0.1) is 0 Å². The Hall–Kier alpha value is -0.820. The molecular formula is C16H23N. The first-order valence-electron chi connectivity index (χ1n) is 7.20. The maximum atomic E-state index is 6.34. The number of nitrogens with two attached hydrogens (primary N) is 1. The van der Waals surface area contributed by atoms with Crippen molar-refractivity contribution in [3.8, 4) is 0 Å². The Morgan fingerprint density at radius 1 is 1.06 bits per heavy atom. The van der Waals surface area contributed by atoms with E-state index in [1.54, 1.807) is 11.1 Å². The highest BCUT2D eigenvalue weighted by atomic mass is 14.6. The van der Waals surface area contributed by atoms with Crippen LogP contribution in [0.1, 0.15) is 61.3 Å². The fourth-order valence-corrected chi connectivity index (χ4v) is 3.21. The summed E-state index contributed by atoms with van der Waals surface area (Å²) in [5.74, 6) is 0.904. The molecule has 0 spiro atoms. The minimum atomic E-state index is 0.271. The first-order valence-corrected chi connectivity index (χ1v) is 7.20. The quantitative estimate of drug-likeness (QED) is 0.839. The number of fused-ring (bicyclic) bond motifs is 1. The Labute approximate surface area is 104 Å². The standard InChI is InChI=1S/C16H23N/c17-16(10-12-4-3-5-12)15-9-8-13-6-1-2-7-14(13)11-15/h8-9,11-12,16H,1-7,10,17H2. The third kappa shape index (κ3) is 2.40. The summed E-state index contributed by atoms with van der Waals surface area (Å²) < 4.78 is 0. The van der Waals surface area contributed by atoms with E-state index in [1.807, 2.05) is 0 Å². The molecular weight excluding hydrogens is 206 g/mol. The molecule has 0 radical (unpaired) electrons. The van der Waals surface area contributed by atoms with E-state index in [2.05, 4.69) is 18.2 Å². The largest absolute Gasteiger partial charge is 0.324 e. The van der Waals surface area contributed by atoms with Crippen molar-refractivity contribution in [1.29, 1.82) is 0 Å². The lowest BCUT2D eigenvalue weighted by Gasteiger charge is -2.28. The lowest BCUT2D eigenvalue weighted by molar-refractivity contribution is 0.277. The molecule has 1 unspecified atom stereocenters. The van der Waals surface area contributed by atoms with Crippen LogP contribution in [-0.2, 0) is 12.8 Å². The predicted molar refractivity (Wildman–Crippen MR) is 72.0 cm³/mol. The molecule has 0 aliphatic heterocycles. The molecule has 1 aromatic carbocycles. The molecule has 17 heavy (non-hydrogen) atoms. The fourth-order valence-electron chi connectivity index (χ4n) is 3.21. The molecule has 0 bridgehead atoms. The Bertz CT molecular complexity index is 393. The number of hydrogen-bond acceptors (Lipinski definition) is 1. The van der Waals surface area contributed by atoms with Crippen LogP contribution < -0.4 is 5.73 Å². The number of aryl methyl sites for hydroxylation is 2. The Kier molecular flexibility index (Phi) is 3.19. The van der Waals surface area contributed by atoms with Crippen molar-refractivity contribution in [3.05, 3.63) is 34.9 Å². The molecule has 3 rings (SSSR count). The molecule has 0 heterocycles. The molecule has 1 heteroatoms. The van der Waals surface area contributed by atoms with Crippen LogP contribution >= 0.6 is 0 Å². The molecule has 2 N–H and O–H groups in total. The minimum absolute atomic E-state index is 0.271. The second-order valence-corrected chi connectivity index (χ2v) is 5.87. The number of rotatable bonds is 3. The van der Waals surface area contributed by atoms with Crippen LogP contribution in [0.15, 0.2) is 18.2 Å². The van der Waals surface area contributed by atoms with Gasteiger partial charge in [0.05, 0.1) is 0 Å². The predicted octanol–water partition coefficient (Wildman–Crippen LogP) is 3.76. The maximum Gasteiger partial charge on any atom is 0.0297 e. The van der Waals surface area contributed by atoms with E-state index in [-0.39, 0.29) is 6.04 Å². The summed E-state index contributed by atoms with van der Waals surface area (Å²) in [6.07, 6.45) is 10.7. The van der Waals surface area contributed by atoms with Crippen LogP contribution in [0.2, 0.25) is 0 Å². The highest BCUT2D eigenvalue weighted by Crippen LogP contribution is 2.34. The monoisotopic (exact) mass is 229 g/mol. The zero-order valence-corrected chi connectivity index (χ0v) is 10.6. The van der Waals surface area contributed by atoms with E-state index >= 15 is 0 Å². The lowest BCUT2D eigenvalue weighted by atomic mass is 9.79. The first kappa shape index (κ1) is 11.3. The van der Waals surface area contributed by atoms with Crippen molar-refractivity contribution in [2.75, 3.05) is 0 Å². The van der Waals surface area contributed by atoms with Crippen LogP contribution in [0.25, 0.3) is 0 Å². The van der Waals surface area contributed by atoms with Gasteiger partial charge in [-0.1, -0.05) is 37.5 Å². The summed E-state index contributed by atoms with van der Waals surface area (Å²) in [7, 11) is 0. The van der Waals surface area contributed by atoms with Crippen molar-refractivity contribution in [1.82, 2.24) is 0 Å². The number of hydrogen-bond donors (Lipinski definition) is 1. The van der Waals surface area contributed by atoms with Gasteiger partial charge in [0.2, 0.25) is 0 Å². The van der Waals surface area contributed by atoms with Gasteiger partial charge in [0.1, 0.15) is 0 Å². The van der Waals surface area contributed by atoms with Crippen molar-refractivity contribution in [2.45, 2.75) is 57.4 Å². The van der Waals surface area contributed by atoms with Gasteiger partial charge < -0.3 is 5.73 Å². The van der Waals surface area contributed by atoms with Crippen LogP contribution in [-0.4, -0.2) is 0 Å². The topological polar surface area (TPSA) is 26.0 Å². The number of benzene rings is 1. The van der Waals surface area contributed by atoms with Gasteiger partial charge in [-0.05, 0) is 54.7 Å². The Balaban J connectivity index is 1.73. The average Bonchev–Trinajstić information content (AvgIpc) is 2.33. The van der Waals surface area contributed by atoms with Gasteiger partial charge in [-0.3, -0.25) is 0 Å². The fraction of sp³-hybridized carbons (Fsp3) is 0.625. The van der Waals surface area contributed by atoms with Gasteiger partial charge in [0.15, 0.2) is 0 Å². The molecule has 1 aromatic rings. The molecule has 0 amide bonds. The summed E-state index contributed by atoms with van der Waals surface area (Å²) in [6.45, 7) is 0. The van der Waals surface area contributed by atoms with Gasteiger partial charge in [0.25, 0.3) is 0 Å². The van der Waals surface area contributed by atoms with Gasteiger partial charge in [-0.25, -0.2) is 0 Å². The van der Waals surface area contributed by atoms with Crippen LogP contribution in [0.4, 0.5) is 0 Å². The van der Waals surface area contributed by atoms with E-state index < -0.39 is 0 Å². The SMILES string of the molecule is NC(CC1CCC1)c1ccc2c(c1)CCCC2. The summed E-state index contributed by atoms with van der Waals surface area (Å²) in [4.78, 5) is 0. The third-order valence-corrected chi connectivity index (χ3v) is 4.61. The molecule has 2 aliphatic carbocycles. The molecule has 0 saturated heterocycles. The van der Waals surface area contributed by atoms with Crippen LogP contribution in [0.5, 0.6) is 0 Å². The van der Waals surface area contributed by atoms with Crippen molar-refractivity contribution >= 4 is 0 Å². The summed E-state index contributed by atoms with van der Waals surface area (Å²) in [6, 6.07) is 7.25. The molecule has 1 saturated carbocycles. The van der Waals surface area contributed by atoms with Gasteiger partial charge in [-0.2, -0.15) is 0 Å². The minimum Gasteiger partial charge on any atom is -0.324 e. The summed E-state index contributed by atoms with van der Waals surface area (Å²) in [5, 5.41) is 0. The van der Waals surface area contributed by atoms with Crippen molar-refractivity contribution in [3.63, 3.8) is 0 Å². The highest BCUT2D eigenvalue weighted by molar-refractivity contribution is 5.35. The van der Waals surface area contributed by atoms with E-state index in [1.165, 1.54) is 56.9 Å². The van der Waals surface area contributed by atoms with E-state index in [0.29, 0.717) is 0 Å². The maximum absolute atomic E-state index is 6.34. The van der Waals surface area contributed by atoms with Crippen molar-refractivity contribution < 1.29 is 0 Å². The van der Waals surface area contributed by atoms with E-state index in [0.717, 1.165) is 5.92 Å². The molecule has 1 atom stereocenters. The zero-order valence-electron chi connectivity index (χ0n) is 10.6. The molecule has 0 aromatic heterocycles. The average molecular weight is 229 g/mol. The Morgan fingerprint density at radius 2 is 1.82 bits per heavy atom. The third-order valence-electron chi connectivity index (χ3n) is 4.61. The molecule has 2 aliphatic rings. The van der Waals surface area contributed by atoms with E-state index in [9.17, 15) is 0 Å². The van der Waals surface area contributed by atoms with Crippen molar-refractivity contribution in [2.24, 2.45) is 11.7 Å². The smallest absolute Gasteiger partial charge is 0.0297 e. The molecule has 92 valence electrons. The summed E-state index contributed by atoms with van der Waals surface area (Å²) in [5.41, 5.74) is 10.8. The van der Waals surface area contributed by atoms with Crippen LogP contribution in [0.3, 0.4) is 0 Å². The van der Waals surface area contributed by atoms with Crippen LogP contribution in [0, 0.1) is 5.92 Å². The summed E-state index contributed by atoms with van der Waals surface area (Å²) >= 11 is 0. The normalized spacial score (nSPS) is 21.7. The highest BCUT2D eigenvalue weighted by Gasteiger charge is 2.21. The second kappa shape index (κ2) is 4.81. The Morgan fingerprint density at radius 3 is 2.53 bits per heavy atom. The molecule has 1 nitrogen and oxygen atoms in total. The first-order chi connectivity index (χ1) is 8.33. The van der Waals surface area contributed by atoms with E-state index in [4.69, 9.17) is 5.73 Å². The second-order valence-electron chi connectivity index (χ2n) is 5.87. The van der Waals surface area contributed by atoms with Gasteiger partial charge in [0, 0.05) is 6.04 Å². The van der Waals surface area contributed by atoms with Gasteiger partial charge >= 0.3 is 0 Å².